The van der Waals surface area contributed by atoms with E-state index in [9.17, 15) is 0 Å². The highest BCUT2D eigenvalue weighted by molar-refractivity contribution is 6.22. The molecule has 0 aliphatic heterocycles. The second-order valence-corrected chi connectivity index (χ2v) is 13.3. The number of hydrogen-bond acceptors (Lipinski definition) is 2. The predicted octanol–water partition coefficient (Wildman–Crippen LogP) is 14.4. The molecule has 1 heterocycles. The summed E-state index contributed by atoms with van der Waals surface area (Å²) in [6, 6.07) is 71.7. The quantitative estimate of drug-likeness (QED) is 0.165. The van der Waals surface area contributed by atoms with E-state index in [1.807, 2.05) is 12.1 Å². The molecule has 0 radical (unpaired) electrons. The zero-order valence-corrected chi connectivity index (χ0v) is 28.4. The van der Waals surface area contributed by atoms with Gasteiger partial charge in [-0.1, -0.05) is 152 Å². The molecule has 0 aliphatic carbocycles. The third-order valence-corrected chi connectivity index (χ3v) is 10.2. The zero-order valence-electron chi connectivity index (χ0n) is 28.4. The Hall–Kier alpha value is -6.90. The number of hydrogen-bond donors (Lipinski definition) is 0. The normalized spacial score (nSPS) is 11.5. The van der Waals surface area contributed by atoms with E-state index < -0.39 is 0 Å². The van der Waals surface area contributed by atoms with Gasteiger partial charge in [0.15, 0.2) is 0 Å². The van der Waals surface area contributed by atoms with Crippen LogP contribution in [0, 0.1) is 0 Å². The van der Waals surface area contributed by atoms with Gasteiger partial charge >= 0.3 is 0 Å². The Kier molecular flexibility index (Phi) is 7.18. The molecule has 0 saturated heterocycles. The third-order valence-electron chi connectivity index (χ3n) is 10.2. The lowest BCUT2D eigenvalue weighted by Crippen LogP contribution is -2.10. The van der Waals surface area contributed by atoms with Gasteiger partial charge in [0.1, 0.15) is 11.2 Å². The van der Waals surface area contributed by atoms with E-state index >= 15 is 0 Å². The van der Waals surface area contributed by atoms with Crippen LogP contribution in [0.1, 0.15) is 0 Å². The van der Waals surface area contributed by atoms with Crippen molar-refractivity contribution >= 4 is 60.5 Å². The van der Waals surface area contributed by atoms with Crippen LogP contribution in [-0.2, 0) is 0 Å². The number of benzene rings is 9. The molecule has 10 aromatic rings. The minimum Gasteiger partial charge on any atom is -0.456 e. The molecule has 0 spiro atoms. The van der Waals surface area contributed by atoms with Crippen LogP contribution in [0.4, 0.5) is 17.1 Å². The standard InChI is InChI=1S/C50H33NO/c1-4-15-35(16-5-1)48-43-22-11-10-21-41(43)42-32-31-39(33-45(42)49(48)36-17-6-2-7-18-36)51(37-19-8-3-9-20-37)38-29-27-34(28-30-38)40-24-14-26-47-50(40)44-23-12-13-25-46(44)52-47/h1-33H. The number of para-hydroxylation sites is 2. The van der Waals surface area contributed by atoms with Gasteiger partial charge in [-0.3, -0.25) is 0 Å². The second-order valence-electron chi connectivity index (χ2n) is 13.3. The molecule has 0 N–H and O–H groups in total. The molecule has 0 amide bonds. The van der Waals surface area contributed by atoms with E-state index in [1.54, 1.807) is 0 Å². The van der Waals surface area contributed by atoms with Gasteiger partial charge in [-0.2, -0.15) is 0 Å². The van der Waals surface area contributed by atoms with Crippen LogP contribution >= 0.6 is 0 Å². The second kappa shape index (κ2) is 12.5. The summed E-state index contributed by atoms with van der Waals surface area (Å²) in [5.41, 5.74) is 12.3. The van der Waals surface area contributed by atoms with Gasteiger partial charge < -0.3 is 9.32 Å². The maximum atomic E-state index is 6.22. The van der Waals surface area contributed by atoms with Crippen LogP contribution in [0.15, 0.2) is 205 Å². The van der Waals surface area contributed by atoms with E-state index in [-0.39, 0.29) is 0 Å². The average molecular weight is 664 g/mol. The Labute approximate surface area is 302 Å². The fourth-order valence-electron chi connectivity index (χ4n) is 7.96. The van der Waals surface area contributed by atoms with Crippen LogP contribution < -0.4 is 4.90 Å². The SMILES string of the molecule is c1ccc(-c2c(-c3ccccc3)c3cc(N(c4ccccc4)c4ccc(-c5cccc6oc7ccccc7c56)cc4)ccc3c3ccccc23)cc1. The van der Waals surface area contributed by atoms with E-state index in [4.69, 9.17) is 4.42 Å². The summed E-state index contributed by atoms with van der Waals surface area (Å²) >= 11 is 0. The number of rotatable bonds is 6. The maximum Gasteiger partial charge on any atom is 0.136 e. The first-order valence-corrected chi connectivity index (χ1v) is 17.8. The smallest absolute Gasteiger partial charge is 0.136 e. The minimum absolute atomic E-state index is 0.904. The van der Waals surface area contributed by atoms with Gasteiger partial charge in [-0.05, 0) is 103 Å². The molecule has 10 rings (SSSR count). The highest BCUT2D eigenvalue weighted by atomic mass is 16.3. The Morgan fingerprint density at radius 3 is 1.54 bits per heavy atom. The minimum atomic E-state index is 0.904. The van der Waals surface area contributed by atoms with Crippen molar-refractivity contribution in [2.75, 3.05) is 4.90 Å². The number of anilines is 3. The van der Waals surface area contributed by atoms with Gasteiger partial charge in [0.2, 0.25) is 0 Å². The first-order valence-electron chi connectivity index (χ1n) is 17.8. The summed E-state index contributed by atoms with van der Waals surface area (Å²) in [5, 5.41) is 7.24. The van der Waals surface area contributed by atoms with Crippen LogP contribution in [0.3, 0.4) is 0 Å². The lowest BCUT2D eigenvalue weighted by Gasteiger charge is -2.27. The van der Waals surface area contributed by atoms with Crippen LogP contribution in [0.2, 0.25) is 0 Å². The van der Waals surface area contributed by atoms with Gasteiger partial charge in [0, 0.05) is 27.8 Å². The van der Waals surface area contributed by atoms with Crippen molar-refractivity contribution in [3.63, 3.8) is 0 Å². The van der Waals surface area contributed by atoms with E-state index in [2.05, 4.69) is 193 Å². The fourth-order valence-corrected chi connectivity index (χ4v) is 7.96. The van der Waals surface area contributed by atoms with Crippen molar-refractivity contribution in [1.29, 1.82) is 0 Å². The predicted molar refractivity (Wildman–Crippen MR) is 220 cm³/mol. The summed E-state index contributed by atoms with van der Waals surface area (Å²) < 4.78 is 6.22. The maximum absolute atomic E-state index is 6.22. The zero-order chi connectivity index (χ0) is 34.4. The Morgan fingerprint density at radius 2 is 0.827 bits per heavy atom. The van der Waals surface area contributed by atoms with Crippen molar-refractivity contribution in [3.05, 3.63) is 200 Å². The van der Waals surface area contributed by atoms with Crippen LogP contribution in [0.25, 0.3) is 76.9 Å². The molecule has 0 aliphatic rings. The summed E-state index contributed by atoms with van der Waals surface area (Å²) in [7, 11) is 0. The molecule has 0 saturated carbocycles. The van der Waals surface area contributed by atoms with Gasteiger partial charge in [0.05, 0.1) is 0 Å². The lowest BCUT2D eigenvalue weighted by molar-refractivity contribution is 0.669. The van der Waals surface area contributed by atoms with Crippen molar-refractivity contribution < 1.29 is 4.42 Å². The Bertz CT molecular complexity index is 2870. The Balaban J connectivity index is 1.19. The monoisotopic (exact) mass is 663 g/mol. The van der Waals surface area contributed by atoms with Crippen molar-refractivity contribution in [2.24, 2.45) is 0 Å². The molecule has 2 nitrogen and oxygen atoms in total. The van der Waals surface area contributed by atoms with Gasteiger partial charge in [0.25, 0.3) is 0 Å². The summed E-state index contributed by atoms with van der Waals surface area (Å²) in [4.78, 5) is 2.36. The first-order chi connectivity index (χ1) is 25.8. The van der Waals surface area contributed by atoms with Crippen molar-refractivity contribution in [3.8, 4) is 33.4 Å². The topological polar surface area (TPSA) is 16.4 Å². The number of fused-ring (bicyclic) bond motifs is 6. The molecular weight excluding hydrogens is 631 g/mol. The van der Waals surface area contributed by atoms with E-state index in [1.165, 1.54) is 49.4 Å². The molecule has 52 heavy (non-hydrogen) atoms. The molecule has 1 aromatic heterocycles. The summed E-state index contributed by atoms with van der Waals surface area (Å²) in [6.45, 7) is 0. The Morgan fingerprint density at radius 1 is 0.308 bits per heavy atom. The average Bonchev–Trinajstić information content (AvgIpc) is 3.61. The van der Waals surface area contributed by atoms with Crippen molar-refractivity contribution in [1.82, 2.24) is 0 Å². The molecule has 0 atom stereocenters. The molecular formula is C50H33NO. The lowest BCUT2D eigenvalue weighted by atomic mass is 9.85. The van der Waals surface area contributed by atoms with Crippen LogP contribution in [-0.4, -0.2) is 0 Å². The number of furan rings is 1. The molecule has 2 heteroatoms. The largest absolute Gasteiger partial charge is 0.456 e. The summed E-state index contributed by atoms with van der Waals surface area (Å²) in [6.07, 6.45) is 0. The number of nitrogens with zero attached hydrogens (tertiary/aromatic N) is 1. The first kappa shape index (κ1) is 30.0. The van der Waals surface area contributed by atoms with E-state index in [0.29, 0.717) is 0 Å². The molecule has 244 valence electrons. The van der Waals surface area contributed by atoms with Crippen molar-refractivity contribution in [2.45, 2.75) is 0 Å². The molecule has 0 unspecified atom stereocenters. The fraction of sp³-hybridized carbons (Fsp3) is 0. The third kappa shape index (κ3) is 4.96. The van der Waals surface area contributed by atoms with Gasteiger partial charge in [-0.25, -0.2) is 0 Å². The molecule has 9 aromatic carbocycles. The van der Waals surface area contributed by atoms with E-state index in [0.717, 1.165) is 44.6 Å². The highest BCUT2D eigenvalue weighted by Crippen LogP contribution is 2.47. The summed E-state index contributed by atoms with van der Waals surface area (Å²) in [5.74, 6) is 0. The van der Waals surface area contributed by atoms with Crippen LogP contribution in [0.5, 0.6) is 0 Å². The van der Waals surface area contributed by atoms with Gasteiger partial charge in [-0.15, -0.1) is 0 Å². The molecule has 0 bridgehead atoms. The highest BCUT2D eigenvalue weighted by Gasteiger charge is 2.20. The molecule has 0 fully saturated rings.